The summed E-state index contributed by atoms with van der Waals surface area (Å²) in [5, 5.41) is 1.14. The lowest BCUT2D eigenvalue weighted by Crippen LogP contribution is -2.39. The highest BCUT2D eigenvalue weighted by Gasteiger charge is 2.27. The number of fused-ring (bicyclic) bond motifs is 1. The Morgan fingerprint density at radius 3 is 2.75 bits per heavy atom. The zero-order chi connectivity index (χ0) is 22.2. The molecule has 32 heavy (non-hydrogen) atoms. The summed E-state index contributed by atoms with van der Waals surface area (Å²) in [4.78, 5) is 25.4. The van der Waals surface area contributed by atoms with E-state index in [9.17, 15) is 4.79 Å². The number of hydrogen-bond acceptors (Lipinski definition) is 5. The van der Waals surface area contributed by atoms with Gasteiger partial charge in [-0.3, -0.25) is 14.2 Å². The number of rotatable bonds is 6. The minimum absolute atomic E-state index is 0.0491. The molecule has 7 nitrogen and oxygen atoms in total. The number of benzene rings is 1. The van der Waals surface area contributed by atoms with Crippen molar-refractivity contribution in [3.63, 3.8) is 0 Å². The molecule has 0 atom stereocenters. The Kier molecular flexibility index (Phi) is 5.80. The molecule has 0 saturated heterocycles. The molecular formula is C23H23Cl2N5O2. The summed E-state index contributed by atoms with van der Waals surface area (Å²) in [6, 6.07) is 5.47. The van der Waals surface area contributed by atoms with Crippen molar-refractivity contribution in [2.24, 2.45) is 0 Å². The van der Waals surface area contributed by atoms with Crippen LogP contribution in [-0.2, 0) is 16.1 Å². The van der Waals surface area contributed by atoms with E-state index in [0.29, 0.717) is 35.6 Å². The van der Waals surface area contributed by atoms with Crippen LogP contribution in [0.2, 0.25) is 10.0 Å². The molecular weight excluding hydrogens is 449 g/mol. The van der Waals surface area contributed by atoms with Crippen molar-refractivity contribution in [3.8, 4) is 11.3 Å². The van der Waals surface area contributed by atoms with E-state index in [4.69, 9.17) is 32.9 Å². The molecule has 1 fully saturated rings. The summed E-state index contributed by atoms with van der Waals surface area (Å²) in [5.74, 6) is 0.486. The molecule has 0 spiro atoms. The minimum Gasteiger partial charge on any atom is -0.375 e. The first-order valence-corrected chi connectivity index (χ1v) is 11.3. The van der Waals surface area contributed by atoms with Gasteiger partial charge in [-0.25, -0.2) is 4.98 Å². The van der Waals surface area contributed by atoms with E-state index in [1.54, 1.807) is 17.2 Å². The van der Waals surface area contributed by atoms with Gasteiger partial charge >= 0.3 is 0 Å². The first-order chi connectivity index (χ1) is 15.5. The number of methoxy groups -OCH3 is 1. The lowest BCUT2D eigenvalue weighted by molar-refractivity contribution is -0.133. The quantitative estimate of drug-likeness (QED) is 0.534. The molecule has 2 aromatic heterocycles. The lowest BCUT2D eigenvalue weighted by Gasteiger charge is -2.30. The second-order valence-electron chi connectivity index (χ2n) is 8.13. The number of hydrogen-bond donors (Lipinski definition) is 0. The number of ether oxygens (including phenoxy) is 1. The SMILES string of the molecule is COCC(=O)N1C=CN(Cc2c(-c3ccc(Cl)cc3Cl)nc3cnc(C4CC4)cn23)CC1. The van der Waals surface area contributed by atoms with Crippen LogP contribution in [0.4, 0.5) is 0 Å². The van der Waals surface area contributed by atoms with E-state index >= 15 is 0 Å². The Bertz CT molecular complexity index is 1200. The molecule has 3 aromatic rings. The fraction of sp³-hybridized carbons (Fsp3) is 0.348. The maximum atomic E-state index is 12.1. The first kappa shape index (κ1) is 21.2. The third-order valence-corrected chi connectivity index (χ3v) is 6.38. The monoisotopic (exact) mass is 471 g/mol. The molecule has 2 aliphatic rings. The highest BCUT2D eigenvalue weighted by Crippen LogP contribution is 2.39. The Morgan fingerprint density at radius 2 is 2.06 bits per heavy atom. The summed E-state index contributed by atoms with van der Waals surface area (Å²) in [6.07, 6.45) is 10.0. The fourth-order valence-electron chi connectivity index (χ4n) is 3.95. The summed E-state index contributed by atoms with van der Waals surface area (Å²) in [7, 11) is 1.52. The van der Waals surface area contributed by atoms with Crippen LogP contribution in [0.3, 0.4) is 0 Å². The molecule has 5 rings (SSSR count). The van der Waals surface area contributed by atoms with Gasteiger partial charge in [0.15, 0.2) is 5.65 Å². The molecule has 0 N–H and O–H groups in total. The molecule has 1 aromatic carbocycles. The third kappa shape index (κ3) is 4.20. The third-order valence-electron chi connectivity index (χ3n) is 5.84. The molecule has 0 unspecified atom stereocenters. The fourth-order valence-corrected chi connectivity index (χ4v) is 4.45. The van der Waals surface area contributed by atoms with Crippen LogP contribution in [0.25, 0.3) is 16.9 Å². The van der Waals surface area contributed by atoms with Crippen LogP contribution >= 0.6 is 23.2 Å². The van der Waals surface area contributed by atoms with Crippen molar-refractivity contribution in [1.82, 2.24) is 24.2 Å². The first-order valence-electron chi connectivity index (χ1n) is 10.6. The highest BCUT2D eigenvalue weighted by molar-refractivity contribution is 6.36. The summed E-state index contributed by atoms with van der Waals surface area (Å²) in [5.41, 5.74) is 4.54. The van der Waals surface area contributed by atoms with Gasteiger partial charge < -0.3 is 14.5 Å². The molecule has 0 bridgehead atoms. The number of carbonyl (C=O) groups excluding carboxylic acids is 1. The van der Waals surface area contributed by atoms with Crippen LogP contribution in [0.1, 0.15) is 30.1 Å². The van der Waals surface area contributed by atoms with Gasteiger partial charge in [-0.15, -0.1) is 0 Å². The van der Waals surface area contributed by atoms with Gasteiger partial charge in [-0.2, -0.15) is 0 Å². The molecule has 3 heterocycles. The molecule has 1 aliphatic carbocycles. The summed E-state index contributed by atoms with van der Waals surface area (Å²) >= 11 is 12.7. The number of imidazole rings is 1. The van der Waals surface area contributed by atoms with Gasteiger partial charge in [0.05, 0.1) is 34.8 Å². The number of halogens is 2. The zero-order valence-electron chi connectivity index (χ0n) is 17.7. The Hall–Kier alpha value is -2.61. The Morgan fingerprint density at radius 1 is 1.22 bits per heavy atom. The van der Waals surface area contributed by atoms with Crippen LogP contribution in [-0.4, -0.2) is 56.9 Å². The molecule has 1 aliphatic heterocycles. The van der Waals surface area contributed by atoms with Gasteiger partial charge in [0.2, 0.25) is 0 Å². The second kappa shape index (κ2) is 8.73. The van der Waals surface area contributed by atoms with Crippen molar-refractivity contribution >= 4 is 34.8 Å². The van der Waals surface area contributed by atoms with Crippen LogP contribution in [0.5, 0.6) is 0 Å². The Balaban J connectivity index is 1.52. The van der Waals surface area contributed by atoms with Crippen LogP contribution < -0.4 is 0 Å². The van der Waals surface area contributed by atoms with E-state index in [1.807, 2.05) is 24.5 Å². The number of nitrogens with zero attached hydrogens (tertiary/aromatic N) is 5. The largest absolute Gasteiger partial charge is 0.375 e. The van der Waals surface area contributed by atoms with Gasteiger partial charge in [0.25, 0.3) is 5.91 Å². The van der Waals surface area contributed by atoms with Crippen LogP contribution in [0.15, 0.2) is 43.0 Å². The maximum Gasteiger partial charge on any atom is 0.252 e. The second-order valence-corrected chi connectivity index (χ2v) is 8.98. The standard InChI is InChI=1S/C23H23Cl2N5O2/c1-32-14-22(31)29-8-6-28(7-9-29)13-20-23(17-5-4-16(24)10-18(17)25)27-21-11-26-19(12-30(20)21)15-2-3-15/h4-6,8,10-12,15H,2-3,7,9,13-14H2,1H3. The predicted molar refractivity (Wildman–Crippen MR) is 124 cm³/mol. The number of amides is 1. The number of aromatic nitrogens is 3. The van der Waals surface area contributed by atoms with E-state index in [0.717, 1.165) is 28.3 Å². The molecule has 1 amide bonds. The predicted octanol–water partition coefficient (Wildman–Crippen LogP) is 4.34. The average Bonchev–Trinajstić information content (AvgIpc) is 3.58. The number of carbonyl (C=O) groups is 1. The Labute approximate surface area is 196 Å². The van der Waals surface area contributed by atoms with Crippen molar-refractivity contribution < 1.29 is 9.53 Å². The minimum atomic E-state index is -0.0491. The van der Waals surface area contributed by atoms with E-state index in [1.165, 1.54) is 20.0 Å². The van der Waals surface area contributed by atoms with Gasteiger partial charge in [0, 0.05) is 55.3 Å². The van der Waals surface area contributed by atoms with Gasteiger partial charge in [-0.05, 0) is 31.0 Å². The highest BCUT2D eigenvalue weighted by atomic mass is 35.5. The topological polar surface area (TPSA) is 63.0 Å². The van der Waals surface area contributed by atoms with E-state index < -0.39 is 0 Å². The summed E-state index contributed by atoms with van der Waals surface area (Å²) in [6.45, 7) is 2.00. The lowest BCUT2D eigenvalue weighted by atomic mass is 10.1. The van der Waals surface area contributed by atoms with E-state index in [2.05, 4.69) is 20.5 Å². The average molecular weight is 472 g/mol. The molecule has 166 valence electrons. The molecule has 9 heteroatoms. The summed E-state index contributed by atoms with van der Waals surface area (Å²) < 4.78 is 7.08. The zero-order valence-corrected chi connectivity index (χ0v) is 19.2. The van der Waals surface area contributed by atoms with Gasteiger partial charge in [-0.1, -0.05) is 23.2 Å². The maximum absolute atomic E-state index is 12.1. The molecule has 0 radical (unpaired) electrons. The van der Waals surface area contributed by atoms with Gasteiger partial charge in [0.1, 0.15) is 6.61 Å². The van der Waals surface area contributed by atoms with Crippen LogP contribution in [0, 0.1) is 0 Å². The van der Waals surface area contributed by atoms with E-state index in [-0.39, 0.29) is 12.5 Å². The normalized spacial score (nSPS) is 16.2. The van der Waals surface area contributed by atoms with Crippen molar-refractivity contribution in [1.29, 1.82) is 0 Å². The molecule has 1 saturated carbocycles. The van der Waals surface area contributed by atoms with Crippen molar-refractivity contribution in [2.75, 3.05) is 26.8 Å². The smallest absolute Gasteiger partial charge is 0.252 e. The van der Waals surface area contributed by atoms with Crippen molar-refractivity contribution in [3.05, 3.63) is 64.4 Å². The van der Waals surface area contributed by atoms with Crippen molar-refractivity contribution in [2.45, 2.75) is 25.3 Å².